The lowest BCUT2D eigenvalue weighted by Gasteiger charge is -2.33. The largest absolute Gasteiger partial charge is 0.376 e. The number of hydrogen-bond donors (Lipinski definition) is 0. The van der Waals surface area contributed by atoms with E-state index in [1.54, 1.807) is 20.2 Å². The van der Waals surface area contributed by atoms with E-state index in [2.05, 4.69) is 15.1 Å². The van der Waals surface area contributed by atoms with E-state index >= 15 is 0 Å². The molecule has 134 valence electrons. The Morgan fingerprint density at radius 2 is 2.20 bits per heavy atom. The van der Waals surface area contributed by atoms with E-state index in [-0.39, 0.29) is 10.0 Å². The first-order valence-electron chi connectivity index (χ1n) is 7.91. The van der Waals surface area contributed by atoms with Crippen molar-refractivity contribution >= 4 is 21.6 Å². The van der Waals surface area contributed by atoms with E-state index in [9.17, 15) is 8.42 Å². The zero-order valence-electron chi connectivity index (χ0n) is 13.9. The zero-order chi connectivity index (χ0) is 17.8. The van der Waals surface area contributed by atoms with Crippen LogP contribution in [-0.2, 0) is 33.8 Å². The standard InChI is InChI=1S/C15H18ClN5O3S/c1-10-12(14(16)20(2)19-10)25(22,23)21-4-3-15(7-21)8-24-6-11-5-17-9-18-13(11)15/h5,9H,3-4,6-8H2,1-2H3. The van der Waals surface area contributed by atoms with Crippen molar-refractivity contribution in [2.24, 2.45) is 7.05 Å². The molecular formula is C15H18ClN5O3S. The van der Waals surface area contributed by atoms with Crippen LogP contribution in [-0.4, -0.2) is 52.2 Å². The van der Waals surface area contributed by atoms with Crippen molar-refractivity contribution in [1.29, 1.82) is 0 Å². The van der Waals surface area contributed by atoms with Gasteiger partial charge in [0.15, 0.2) is 0 Å². The molecule has 10 heteroatoms. The normalized spacial score (nSPS) is 24.0. The maximum absolute atomic E-state index is 13.1. The Hall–Kier alpha value is -1.55. The molecule has 25 heavy (non-hydrogen) atoms. The molecule has 1 spiro atoms. The van der Waals surface area contributed by atoms with Crippen LogP contribution >= 0.6 is 11.6 Å². The summed E-state index contributed by atoms with van der Waals surface area (Å²) in [4.78, 5) is 8.55. The highest BCUT2D eigenvalue weighted by Gasteiger charge is 2.48. The summed E-state index contributed by atoms with van der Waals surface area (Å²) in [6.07, 6.45) is 3.89. The maximum Gasteiger partial charge on any atom is 0.248 e. The van der Waals surface area contributed by atoms with E-state index in [1.807, 2.05) is 0 Å². The van der Waals surface area contributed by atoms with Gasteiger partial charge in [-0.05, 0) is 13.3 Å². The predicted molar refractivity (Wildman–Crippen MR) is 89.7 cm³/mol. The SMILES string of the molecule is Cc1nn(C)c(Cl)c1S(=O)(=O)N1CCC2(COCc3cncnc32)C1. The second kappa shape index (κ2) is 5.73. The van der Waals surface area contributed by atoms with Gasteiger partial charge in [0, 0.05) is 31.9 Å². The molecule has 2 aromatic heterocycles. The molecule has 2 aliphatic rings. The second-order valence-corrected chi connectivity index (χ2v) is 8.82. The number of fused-ring (bicyclic) bond motifs is 2. The third kappa shape index (κ3) is 2.49. The number of hydrogen-bond acceptors (Lipinski definition) is 6. The smallest absolute Gasteiger partial charge is 0.248 e. The molecule has 1 atom stereocenters. The molecule has 8 nitrogen and oxygen atoms in total. The molecule has 4 rings (SSSR count). The third-order valence-electron chi connectivity index (χ3n) is 4.94. The molecule has 1 saturated heterocycles. The first-order chi connectivity index (χ1) is 11.8. The van der Waals surface area contributed by atoms with E-state index in [1.165, 1.54) is 15.3 Å². The Balaban J connectivity index is 1.72. The van der Waals surface area contributed by atoms with Gasteiger partial charge in [0.2, 0.25) is 10.0 Å². The van der Waals surface area contributed by atoms with Gasteiger partial charge in [-0.15, -0.1) is 0 Å². The molecule has 1 unspecified atom stereocenters. The van der Waals surface area contributed by atoms with Gasteiger partial charge in [-0.2, -0.15) is 9.40 Å². The Bertz CT molecular complexity index is 945. The number of nitrogens with zero attached hydrogens (tertiary/aromatic N) is 5. The molecule has 4 heterocycles. The van der Waals surface area contributed by atoms with E-state index < -0.39 is 15.4 Å². The monoisotopic (exact) mass is 383 g/mol. The molecule has 0 saturated carbocycles. The molecular weight excluding hydrogens is 366 g/mol. The summed E-state index contributed by atoms with van der Waals surface area (Å²) >= 11 is 6.18. The first-order valence-corrected chi connectivity index (χ1v) is 9.73. The molecule has 0 amide bonds. The Labute approximate surface area is 150 Å². The van der Waals surface area contributed by atoms with Gasteiger partial charge < -0.3 is 4.74 Å². The fraction of sp³-hybridized carbons (Fsp3) is 0.533. The van der Waals surface area contributed by atoms with Crippen LogP contribution in [0.3, 0.4) is 0 Å². The zero-order valence-corrected chi connectivity index (χ0v) is 15.5. The van der Waals surface area contributed by atoms with Crippen molar-refractivity contribution in [3.63, 3.8) is 0 Å². The molecule has 0 bridgehead atoms. The minimum Gasteiger partial charge on any atom is -0.376 e. The summed E-state index contributed by atoms with van der Waals surface area (Å²) in [5.74, 6) is 0. The molecule has 0 N–H and O–H groups in total. The van der Waals surface area contributed by atoms with E-state index in [0.717, 1.165) is 11.3 Å². The summed E-state index contributed by atoms with van der Waals surface area (Å²) in [7, 11) is -2.11. The second-order valence-electron chi connectivity index (χ2n) is 6.59. The average molecular weight is 384 g/mol. The van der Waals surface area contributed by atoms with Crippen molar-refractivity contribution in [2.75, 3.05) is 19.7 Å². The number of rotatable bonds is 2. The number of sulfonamides is 1. The van der Waals surface area contributed by atoms with Gasteiger partial charge in [-0.1, -0.05) is 11.6 Å². The average Bonchev–Trinajstić information content (AvgIpc) is 3.11. The lowest BCUT2D eigenvalue weighted by molar-refractivity contribution is 0.0530. The van der Waals surface area contributed by atoms with Crippen LogP contribution in [0.1, 0.15) is 23.4 Å². The van der Waals surface area contributed by atoms with Crippen LogP contribution in [0, 0.1) is 6.92 Å². The summed E-state index contributed by atoms with van der Waals surface area (Å²) in [6.45, 7) is 3.25. The predicted octanol–water partition coefficient (Wildman–Crippen LogP) is 1.03. The maximum atomic E-state index is 13.1. The molecule has 0 radical (unpaired) electrons. The molecule has 2 aliphatic heterocycles. The molecule has 0 aromatic carbocycles. The highest BCUT2D eigenvalue weighted by molar-refractivity contribution is 7.89. The van der Waals surface area contributed by atoms with Gasteiger partial charge in [0.25, 0.3) is 0 Å². The van der Waals surface area contributed by atoms with Crippen molar-refractivity contribution in [3.05, 3.63) is 34.6 Å². The molecule has 0 aliphatic carbocycles. The minimum atomic E-state index is -3.74. The topological polar surface area (TPSA) is 90.2 Å². The fourth-order valence-corrected chi connectivity index (χ4v) is 5.98. The van der Waals surface area contributed by atoms with Crippen molar-refractivity contribution in [2.45, 2.75) is 30.3 Å². The molecule has 2 aromatic rings. The molecule has 1 fully saturated rings. The highest BCUT2D eigenvalue weighted by atomic mass is 35.5. The quantitative estimate of drug-likeness (QED) is 0.769. The van der Waals surface area contributed by atoms with Gasteiger partial charge >= 0.3 is 0 Å². The summed E-state index contributed by atoms with van der Waals surface area (Å²) in [5, 5.41) is 4.25. The van der Waals surface area contributed by atoms with Crippen LogP contribution < -0.4 is 0 Å². The lowest BCUT2D eigenvalue weighted by atomic mass is 9.81. The summed E-state index contributed by atoms with van der Waals surface area (Å²) < 4.78 is 34.8. The minimum absolute atomic E-state index is 0.0772. The third-order valence-corrected chi connectivity index (χ3v) is 7.48. The first kappa shape index (κ1) is 16.9. The van der Waals surface area contributed by atoms with Crippen LogP contribution in [0.15, 0.2) is 17.4 Å². The van der Waals surface area contributed by atoms with Gasteiger partial charge in [0.1, 0.15) is 16.4 Å². The van der Waals surface area contributed by atoms with Crippen LogP contribution in [0.25, 0.3) is 0 Å². The van der Waals surface area contributed by atoms with Crippen LogP contribution in [0.4, 0.5) is 0 Å². The van der Waals surface area contributed by atoms with Gasteiger partial charge in [0.05, 0.1) is 30.0 Å². The van der Waals surface area contributed by atoms with Crippen molar-refractivity contribution in [3.8, 4) is 0 Å². The fourth-order valence-electron chi connectivity index (χ4n) is 3.75. The van der Waals surface area contributed by atoms with Crippen molar-refractivity contribution < 1.29 is 13.2 Å². The number of aromatic nitrogens is 4. The summed E-state index contributed by atoms with van der Waals surface area (Å²) in [5.41, 5.74) is 1.77. The lowest BCUT2D eigenvalue weighted by Crippen LogP contribution is -2.41. The van der Waals surface area contributed by atoms with Gasteiger partial charge in [-0.3, -0.25) is 4.68 Å². The Kier molecular flexibility index (Phi) is 3.87. The van der Waals surface area contributed by atoms with Crippen LogP contribution in [0.5, 0.6) is 0 Å². The van der Waals surface area contributed by atoms with E-state index in [0.29, 0.717) is 38.4 Å². The van der Waals surface area contributed by atoms with Crippen LogP contribution in [0.2, 0.25) is 5.15 Å². The number of ether oxygens (including phenoxy) is 1. The van der Waals surface area contributed by atoms with E-state index in [4.69, 9.17) is 16.3 Å². The summed E-state index contributed by atoms with van der Waals surface area (Å²) in [6, 6.07) is 0. The highest BCUT2D eigenvalue weighted by Crippen LogP contribution is 2.41. The Morgan fingerprint density at radius 1 is 1.40 bits per heavy atom. The van der Waals surface area contributed by atoms with Crippen molar-refractivity contribution in [1.82, 2.24) is 24.1 Å². The Morgan fingerprint density at radius 3 is 2.92 bits per heavy atom. The number of aryl methyl sites for hydroxylation is 2. The number of halogens is 1. The van der Waals surface area contributed by atoms with Gasteiger partial charge in [-0.25, -0.2) is 18.4 Å².